The molecule has 4 rings (SSSR count). The number of anilines is 2. The fourth-order valence-electron chi connectivity index (χ4n) is 4.34. The van der Waals surface area contributed by atoms with E-state index in [0.29, 0.717) is 30.9 Å². The van der Waals surface area contributed by atoms with Crippen molar-refractivity contribution in [2.75, 3.05) is 43.0 Å². The molecule has 1 atom stereocenters. The number of aryl methyl sites for hydroxylation is 1. The molecule has 1 aliphatic rings. The smallest absolute Gasteiger partial charge is 0.263 e. The minimum Gasteiger partial charge on any atom is -0.475 e. The highest BCUT2D eigenvalue weighted by Gasteiger charge is 2.24. The molecule has 1 aromatic heterocycles. The zero-order valence-electron chi connectivity index (χ0n) is 24.1. The van der Waals surface area contributed by atoms with Crippen LogP contribution >= 0.6 is 0 Å². The maximum atomic E-state index is 13.6. The van der Waals surface area contributed by atoms with E-state index in [2.05, 4.69) is 40.8 Å². The van der Waals surface area contributed by atoms with E-state index in [4.69, 9.17) is 14.2 Å². The van der Waals surface area contributed by atoms with E-state index in [0.717, 1.165) is 30.4 Å². The van der Waals surface area contributed by atoms with Crippen LogP contribution < -0.4 is 14.8 Å². The number of nitrogens with zero attached hydrogens (tertiary/aromatic N) is 2. The zero-order valence-corrected chi connectivity index (χ0v) is 25.0. The second kappa shape index (κ2) is 13.6. The Kier molecular flexibility index (Phi) is 10.2. The summed E-state index contributed by atoms with van der Waals surface area (Å²) < 4.78 is 47.0. The Morgan fingerprint density at radius 2 is 1.76 bits per heavy atom. The molecule has 10 nitrogen and oxygen atoms in total. The van der Waals surface area contributed by atoms with Crippen molar-refractivity contribution >= 4 is 21.8 Å². The molecule has 0 bridgehead atoms. The molecule has 11 heteroatoms. The van der Waals surface area contributed by atoms with Gasteiger partial charge in [0.25, 0.3) is 10.0 Å². The Morgan fingerprint density at radius 1 is 1.02 bits per heavy atom. The lowest BCUT2D eigenvalue weighted by atomic mass is 9.87. The number of aliphatic hydroxyl groups excluding tert-OH is 1. The van der Waals surface area contributed by atoms with E-state index in [1.165, 1.54) is 0 Å². The molecule has 1 saturated heterocycles. The molecule has 3 N–H and O–H groups in total. The van der Waals surface area contributed by atoms with Gasteiger partial charge in [-0.15, -0.1) is 0 Å². The predicted molar refractivity (Wildman–Crippen MR) is 159 cm³/mol. The van der Waals surface area contributed by atoms with Crippen molar-refractivity contribution in [1.82, 2.24) is 9.97 Å². The van der Waals surface area contributed by atoms with Crippen molar-refractivity contribution in [2.24, 2.45) is 0 Å². The summed E-state index contributed by atoms with van der Waals surface area (Å²) >= 11 is 0. The summed E-state index contributed by atoms with van der Waals surface area (Å²) in [5.41, 5.74) is 2.96. The molecular weight excluding hydrogens is 544 g/mol. The van der Waals surface area contributed by atoms with Crippen molar-refractivity contribution in [3.63, 3.8) is 0 Å². The molecule has 0 saturated carbocycles. The SMILES string of the molecule is Cc1ccc(-c2c(NS(=O)(=O)c3ccc(C(C)(C)C)cc3)nc(NCCOC3CCCCO3)nc2OCCO)cc1. The number of rotatable bonds is 12. The number of ether oxygens (including phenoxy) is 3. The zero-order chi connectivity index (χ0) is 29.5. The van der Waals surface area contributed by atoms with Gasteiger partial charge in [-0.25, -0.2) is 8.42 Å². The molecule has 2 aromatic carbocycles. The molecule has 0 spiro atoms. The molecule has 3 aromatic rings. The molecule has 0 aliphatic carbocycles. The lowest BCUT2D eigenvalue weighted by molar-refractivity contribution is -0.159. The normalized spacial score (nSPS) is 15.9. The summed E-state index contributed by atoms with van der Waals surface area (Å²) in [6.07, 6.45) is 2.72. The standard InChI is InChI=1S/C30H40N4O6S/c1-21-8-10-22(11-9-21)26-27(34-41(36,37)24-14-12-23(13-15-24)30(2,3)4)32-29(33-28(26)40-20-17-35)31-16-19-39-25-7-5-6-18-38-25/h8-15,25,35H,5-7,16-20H2,1-4H3,(H2,31,32,33,34). The summed E-state index contributed by atoms with van der Waals surface area (Å²) in [5, 5.41) is 12.6. The third-order valence-corrected chi connectivity index (χ3v) is 7.99. The summed E-state index contributed by atoms with van der Waals surface area (Å²) in [6, 6.07) is 14.3. The van der Waals surface area contributed by atoms with Crippen LogP contribution in [-0.2, 0) is 24.9 Å². The van der Waals surface area contributed by atoms with Crippen molar-refractivity contribution in [2.45, 2.75) is 63.6 Å². The van der Waals surface area contributed by atoms with Gasteiger partial charge in [-0.3, -0.25) is 4.72 Å². The number of nitrogens with one attached hydrogen (secondary N) is 2. The molecule has 0 amide bonds. The Morgan fingerprint density at radius 3 is 2.39 bits per heavy atom. The van der Waals surface area contributed by atoms with Gasteiger partial charge in [0.15, 0.2) is 12.1 Å². The highest BCUT2D eigenvalue weighted by molar-refractivity contribution is 7.92. The van der Waals surface area contributed by atoms with Gasteiger partial charge in [0, 0.05) is 13.2 Å². The van der Waals surface area contributed by atoms with Crippen LogP contribution in [0.5, 0.6) is 5.88 Å². The first-order valence-electron chi connectivity index (χ1n) is 13.9. The van der Waals surface area contributed by atoms with Crippen LogP contribution in [-0.4, -0.2) is 62.8 Å². The monoisotopic (exact) mass is 584 g/mol. The summed E-state index contributed by atoms with van der Waals surface area (Å²) in [5.74, 6) is 0.344. The maximum absolute atomic E-state index is 13.6. The van der Waals surface area contributed by atoms with Crippen LogP contribution in [0.15, 0.2) is 53.4 Å². The predicted octanol–water partition coefficient (Wildman–Crippen LogP) is 4.88. The molecule has 41 heavy (non-hydrogen) atoms. The first-order valence-corrected chi connectivity index (χ1v) is 15.4. The van der Waals surface area contributed by atoms with E-state index in [1.807, 2.05) is 43.3 Å². The second-order valence-corrected chi connectivity index (χ2v) is 12.7. The first kappa shape index (κ1) is 30.7. The third-order valence-electron chi connectivity index (χ3n) is 6.63. The molecule has 0 radical (unpaired) electrons. The van der Waals surface area contributed by atoms with E-state index in [-0.39, 0.29) is 47.5 Å². The van der Waals surface area contributed by atoms with Gasteiger partial charge < -0.3 is 24.6 Å². The van der Waals surface area contributed by atoms with Gasteiger partial charge in [-0.05, 0) is 54.9 Å². The molecule has 222 valence electrons. The molecular formula is C30H40N4O6S. The largest absolute Gasteiger partial charge is 0.475 e. The third kappa shape index (κ3) is 8.38. The number of aliphatic hydroxyl groups is 1. The number of aromatic nitrogens is 2. The highest BCUT2D eigenvalue weighted by Crippen LogP contribution is 2.37. The van der Waals surface area contributed by atoms with E-state index in [1.54, 1.807) is 12.1 Å². The molecule has 1 aliphatic heterocycles. The van der Waals surface area contributed by atoms with Gasteiger partial charge in [-0.2, -0.15) is 9.97 Å². The maximum Gasteiger partial charge on any atom is 0.263 e. The quantitative estimate of drug-likeness (QED) is 0.255. The van der Waals surface area contributed by atoms with Gasteiger partial charge in [-0.1, -0.05) is 62.7 Å². The molecule has 2 heterocycles. The van der Waals surface area contributed by atoms with Crippen LogP contribution in [0.25, 0.3) is 11.1 Å². The average Bonchev–Trinajstić information content (AvgIpc) is 2.95. The number of sulfonamides is 1. The van der Waals surface area contributed by atoms with Crippen LogP contribution in [0.2, 0.25) is 0 Å². The van der Waals surface area contributed by atoms with Gasteiger partial charge in [0.2, 0.25) is 11.8 Å². The fraction of sp³-hybridized carbons (Fsp3) is 0.467. The Hall–Kier alpha value is -3.25. The Balaban J connectivity index is 1.66. The van der Waals surface area contributed by atoms with Gasteiger partial charge in [0.1, 0.15) is 6.61 Å². The lowest BCUT2D eigenvalue weighted by Gasteiger charge is -2.22. The number of benzene rings is 2. The van der Waals surface area contributed by atoms with Gasteiger partial charge in [0.05, 0.1) is 23.7 Å². The van der Waals surface area contributed by atoms with Crippen molar-refractivity contribution in [3.8, 4) is 17.0 Å². The summed E-state index contributed by atoms with van der Waals surface area (Å²) in [6.45, 7) is 9.30. The Bertz CT molecular complexity index is 1380. The minimum atomic E-state index is -4.02. The summed E-state index contributed by atoms with van der Waals surface area (Å²) in [7, 11) is -4.02. The topological polar surface area (TPSA) is 132 Å². The highest BCUT2D eigenvalue weighted by atomic mass is 32.2. The lowest BCUT2D eigenvalue weighted by Crippen LogP contribution is -2.25. The van der Waals surface area contributed by atoms with E-state index in [9.17, 15) is 13.5 Å². The number of hydrogen-bond donors (Lipinski definition) is 3. The van der Waals surface area contributed by atoms with Crippen LogP contribution in [0, 0.1) is 6.92 Å². The van der Waals surface area contributed by atoms with Gasteiger partial charge >= 0.3 is 0 Å². The van der Waals surface area contributed by atoms with Crippen LogP contribution in [0.1, 0.15) is 51.2 Å². The first-order chi connectivity index (χ1) is 19.6. The van der Waals surface area contributed by atoms with Crippen LogP contribution in [0.4, 0.5) is 11.8 Å². The van der Waals surface area contributed by atoms with E-state index < -0.39 is 10.0 Å². The fourth-order valence-corrected chi connectivity index (χ4v) is 5.35. The molecule has 1 fully saturated rings. The summed E-state index contributed by atoms with van der Waals surface area (Å²) in [4.78, 5) is 9.17. The Labute approximate surface area is 242 Å². The van der Waals surface area contributed by atoms with Crippen molar-refractivity contribution < 1.29 is 27.7 Å². The van der Waals surface area contributed by atoms with Crippen LogP contribution in [0.3, 0.4) is 0 Å². The number of hydrogen-bond acceptors (Lipinski definition) is 9. The second-order valence-electron chi connectivity index (χ2n) is 11.0. The van der Waals surface area contributed by atoms with Crippen molar-refractivity contribution in [1.29, 1.82) is 0 Å². The van der Waals surface area contributed by atoms with E-state index >= 15 is 0 Å². The minimum absolute atomic E-state index is 0.0299. The van der Waals surface area contributed by atoms with Crippen molar-refractivity contribution in [3.05, 3.63) is 59.7 Å². The molecule has 1 unspecified atom stereocenters. The average molecular weight is 585 g/mol.